The van der Waals surface area contributed by atoms with Gasteiger partial charge >= 0.3 is 0 Å². The molecule has 0 aliphatic carbocycles. The molecule has 5 rings (SSSR count). The summed E-state index contributed by atoms with van der Waals surface area (Å²) in [6.45, 7) is 6.72. The highest BCUT2D eigenvalue weighted by Crippen LogP contribution is 2.27. The second-order valence-corrected chi connectivity index (χ2v) is 8.40. The van der Waals surface area contributed by atoms with E-state index in [0.29, 0.717) is 13.2 Å². The van der Waals surface area contributed by atoms with Crippen molar-refractivity contribution < 1.29 is 9.53 Å². The van der Waals surface area contributed by atoms with E-state index in [9.17, 15) is 4.79 Å². The molecule has 0 N–H and O–H groups in total. The summed E-state index contributed by atoms with van der Waals surface area (Å²) < 4.78 is 5.99. The molecule has 0 atom stereocenters. The molecule has 2 heterocycles. The number of anilines is 1. The Bertz CT molecular complexity index is 1060. The summed E-state index contributed by atoms with van der Waals surface area (Å²) in [6, 6.07) is 22.9. The molecule has 31 heavy (non-hydrogen) atoms. The van der Waals surface area contributed by atoms with Crippen molar-refractivity contribution in [3.8, 4) is 5.75 Å². The van der Waals surface area contributed by atoms with Crippen LogP contribution < -0.4 is 9.64 Å². The summed E-state index contributed by atoms with van der Waals surface area (Å²) in [7, 11) is 0. The molecular weight excluding hydrogens is 386 g/mol. The van der Waals surface area contributed by atoms with Crippen LogP contribution in [0.1, 0.15) is 5.56 Å². The Labute approximate surface area is 183 Å². The molecule has 3 aromatic rings. The van der Waals surface area contributed by atoms with Gasteiger partial charge in [-0.3, -0.25) is 14.6 Å². The second-order valence-electron chi connectivity index (χ2n) is 8.40. The van der Waals surface area contributed by atoms with Gasteiger partial charge in [0.1, 0.15) is 12.4 Å². The number of piperazine rings is 1. The smallest absolute Gasteiger partial charge is 0.241 e. The predicted octanol–water partition coefficient (Wildman–Crippen LogP) is 3.43. The van der Waals surface area contributed by atoms with E-state index in [-0.39, 0.29) is 5.91 Å². The first-order valence-electron chi connectivity index (χ1n) is 11.2. The third kappa shape index (κ3) is 4.58. The number of amides is 1. The van der Waals surface area contributed by atoms with Crippen molar-refractivity contribution >= 4 is 22.4 Å². The zero-order chi connectivity index (χ0) is 21.0. The fraction of sp³-hybridized carbons (Fsp3) is 0.346. The minimum atomic E-state index is 0.220. The number of rotatable bonds is 6. The highest BCUT2D eigenvalue weighted by atomic mass is 16.5. The van der Waals surface area contributed by atoms with Gasteiger partial charge in [0, 0.05) is 45.0 Å². The number of nitrogens with zero attached hydrogens (tertiary/aromatic N) is 3. The molecule has 2 aliphatic heterocycles. The Balaban J connectivity index is 1.06. The van der Waals surface area contributed by atoms with Crippen LogP contribution in [0.4, 0.5) is 5.69 Å². The van der Waals surface area contributed by atoms with Crippen molar-refractivity contribution in [1.29, 1.82) is 0 Å². The summed E-state index contributed by atoms with van der Waals surface area (Å²) in [5, 5.41) is 2.44. The molecule has 5 nitrogen and oxygen atoms in total. The van der Waals surface area contributed by atoms with E-state index < -0.39 is 0 Å². The minimum absolute atomic E-state index is 0.220. The summed E-state index contributed by atoms with van der Waals surface area (Å²) in [5.41, 5.74) is 2.38. The largest absolute Gasteiger partial charge is 0.492 e. The van der Waals surface area contributed by atoms with Crippen LogP contribution in [-0.4, -0.2) is 68.1 Å². The molecule has 160 valence electrons. The van der Waals surface area contributed by atoms with E-state index in [1.165, 1.54) is 16.3 Å². The van der Waals surface area contributed by atoms with Gasteiger partial charge in [-0.25, -0.2) is 0 Å². The van der Waals surface area contributed by atoms with Crippen LogP contribution in [0.15, 0.2) is 66.7 Å². The summed E-state index contributed by atoms with van der Waals surface area (Å²) in [4.78, 5) is 19.5. The zero-order valence-corrected chi connectivity index (χ0v) is 17.9. The molecule has 2 aliphatic rings. The summed E-state index contributed by atoms with van der Waals surface area (Å²) in [5.74, 6) is 1.15. The first-order chi connectivity index (χ1) is 15.3. The van der Waals surface area contributed by atoms with E-state index in [1.54, 1.807) is 0 Å². The highest BCUT2D eigenvalue weighted by molar-refractivity contribution is 5.96. The number of para-hydroxylation sites is 1. The Morgan fingerprint density at radius 2 is 1.55 bits per heavy atom. The first-order valence-corrected chi connectivity index (χ1v) is 11.2. The lowest BCUT2D eigenvalue weighted by Crippen LogP contribution is -2.50. The zero-order valence-electron chi connectivity index (χ0n) is 17.9. The molecule has 1 fully saturated rings. The van der Waals surface area contributed by atoms with Crippen LogP contribution in [0.2, 0.25) is 0 Å². The Kier molecular flexibility index (Phi) is 5.87. The molecule has 1 amide bonds. The fourth-order valence-corrected chi connectivity index (χ4v) is 4.59. The van der Waals surface area contributed by atoms with Gasteiger partial charge < -0.3 is 9.64 Å². The molecule has 0 bridgehead atoms. The lowest BCUT2D eigenvalue weighted by Gasteiger charge is -2.34. The molecule has 1 saturated heterocycles. The Hall–Kier alpha value is -2.89. The molecule has 5 heteroatoms. The van der Waals surface area contributed by atoms with Gasteiger partial charge in [-0.05, 0) is 41.0 Å². The minimum Gasteiger partial charge on any atom is -0.492 e. The second kappa shape index (κ2) is 9.08. The maximum atomic E-state index is 12.8. The number of hydrogen-bond acceptors (Lipinski definition) is 4. The van der Waals surface area contributed by atoms with E-state index in [4.69, 9.17) is 4.74 Å². The van der Waals surface area contributed by atoms with Crippen molar-refractivity contribution in [2.24, 2.45) is 0 Å². The van der Waals surface area contributed by atoms with Crippen LogP contribution in [-0.2, 0) is 11.2 Å². The lowest BCUT2D eigenvalue weighted by atomic mass is 10.1. The monoisotopic (exact) mass is 415 g/mol. The lowest BCUT2D eigenvalue weighted by molar-refractivity contribution is -0.120. The molecule has 0 unspecified atom stereocenters. The number of carbonyl (C=O) groups is 1. The maximum absolute atomic E-state index is 12.8. The average molecular weight is 416 g/mol. The van der Waals surface area contributed by atoms with Crippen LogP contribution in [0.5, 0.6) is 5.75 Å². The van der Waals surface area contributed by atoms with Crippen molar-refractivity contribution in [2.75, 3.05) is 57.3 Å². The number of carbonyl (C=O) groups excluding carboxylic acids is 1. The fourth-order valence-electron chi connectivity index (χ4n) is 4.59. The van der Waals surface area contributed by atoms with Crippen LogP contribution >= 0.6 is 0 Å². The number of benzene rings is 3. The van der Waals surface area contributed by atoms with Gasteiger partial charge in [-0.2, -0.15) is 0 Å². The molecular formula is C26H29N3O2. The van der Waals surface area contributed by atoms with Crippen molar-refractivity contribution in [3.63, 3.8) is 0 Å². The highest BCUT2D eigenvalue weighted by Gasteiger charge is 2.26. The SMILES string of the molecule is O=C(CN1CCN(CCOc2ccc3ccccc3c2)CC1)N1CCc2ccccc21. The number of ether oxygens (including phenoxy) is 1. The topological polar surface area (TPSA) is 36.0 Å². The first kappa shape index (κ1) is 20.0. The van der Waals surface area contributed by atoms with E-state index in [1.807, 2.05) is 17.0 Å². The third-order valence-corrected chi connectivity index (χ3v) is 6.41. The van der Waals surface area contributed by atoms with Gasteiger partial charge in [-0.15, -0.1) is 0 Å². The Morgan fingerprint density at radius 1 is 0.806 bits per heavy atom. The summed E-state index contributed by atoms with van der Waals surface area (Å²) >= 11 is 0. The van der Waals surface area contributed by atoms with Crippen LogP contribution in [0.25, 0.3) is 10.8 Å². The normalized spacial score (nSPS) is 17.1. The van der Waals surface area contributed by atoms with Gasteiger partial charge in [0.25, 0.3) is 0 Å². The van der Waals surface area contributed by atoms with Gasteiger partial charge in [0.15, 0.2) is 0 Å². The van der Waals surface area contributed by atoms with Crippen LogP contribution in [0.3, 0.4) is 0 Å². The quantitative estimate of drug-likeness (QED) is 0.618. The number of hydrogen-bond donors (Lipinski definition) is 0. The van der Waals surface area contributed by atoms with Crippen molar-refractivity contribution in [2.45, 2.75) is 6.42 Å². The van der Waals surface area contributed by atoms with Crippen molar-refractivity contribution in [1.82, 2.24) is 9.80 Å². The maximum Gasteiger partial charge on any atom is 0.241 e. The Morgan fingerprint density at radius 3 is 2.42 bits per heavy atom. The van der Waals surface area contributed by atoms with Gasteiger partial charge in [0.05, 0.1) is 6.54 Å². The van der Waals surface area contributed by atoms with Crippen molar-refractivity contribution in [3.05, 3.63) is 72.3 Å². The van der Waals surface area contributed by atoms with E-state index in [2.05, 4.69) is 64.4 Å². The molecule has 3 aromatic carbocycles. The average Bonchev–Trinajstić information content (AvgIpc) is 3.24. The molecule has 0 radical (unpaired) electrons. The van der Waals surface area contributed by atoms with E-state index >= 15 is 0 Å². The molecule has 0 spiro atoms. The van der Waals surface area contributed by atoms with E-state index in [0.717, 1.165) is 57.1 Å². The third-order valence-electron chi connectivity index (χ3n) is 6.41. The molecule has 0 saturated carbocycles. The predicted molar refractivity (Wildman–Crippen MR) is 125 cm³/mol. The standard InChI is InChI=1S/C26H29N3O2/c30-26(29-12-11-22-6-3-4-8-25(22)29)20-28-15-13-27(14-16-28)17-18-31-24-10-9-21-5-1-2-7-23(21)19-24/h1-10,19H,11-18,20H2. The van der Waals surface area contributed by atoms with Crippen LogP contribution in [0, 0.1) is 0 Å². The summed E-state index contributed by atoms with van der Waals surface area (Å²) in [6.07, 6.45) is 0.965. The van der Waals surface area contributed by atoms with Gasteiger partial charge in [-0.1, -0.05) is 48.5 Å². The number of fused-ring (bicyclic) bond motifs is 2. The van der Waals surface area contributed by atoms with Gasteiger partial charge in [0.2, 0.25) is 5.91 Å². The molecule has 0 aromatic heterocycles.